The van der Waals surface area contributed by atoms with Crippen molar-refractivity contribution in [2.24, 2.45) is 5.41 Å². The Morgan fingerprint density at radius 3 is 2.79 bits per heavy atom. The normalized spacial score (nSPS) is 22.1. The average molecular weight is 399 g/mol. The molecule has 4 rings (SSSR count). The van der Waals surface area contributed by atoms with Crippen molar-refractivity contribution in [1.82, 2.24) is 24.9 Å². The predicted molar refractivity (Wildman–Crippen MR) is 107 cm³/mol. The van der Waals surface area contributed by atoms with Crippen LogP contribution in [0, 0.1) is 5.41 Å². The summed E-state index contributed by atoms with van der Waals surface area (Å²) in [6.07, 6.45) is 7.72. The topological polar surface area (TPSA) is 95.6 Å². The lowest BCUT2D eigenvalue weighted by molar-refractivity contribution is -0.135. The van der Waals surface area contributed by atoms with Crippen molar-refractivity contribution in [3.63, 3.8) is 0 Å². The summed E-state index contributed by atoms with van der Waals surface area (Å²) in [5.74, 6) is 1.30. The Bertz CT molecular complexity index is 805. The summed E-state index contributed by atoms with van der Waals surface area (Å²) in [7, 11) is 2.07. The number of β-amino-alcohol motifs (C(OH)–C–C–N with tert-alkyl or cyclic N) is 1. The number of carbonyl (C=O) groups is 1. The van der Waals surface area contributed by atoms with Crippen LogP contribution in [0.15, 0.2) is 29.0 Å². The molecule has 1 N–H and O–H groups in total. The summed E-state index contributed by atoms with van der Waals surface area (Å²) < 4.78 is 5.31. The highest BCUT2D eigenvalue weighted by Gasteiger charge is 2.41. The van der Waals surface area contributed by atoms with Gasteiger partial charge in [0.05, 0.1) is 6.10 Å². The molecule has 1 unspecified atom stereocenters. The van der Waals surface area contributed by atoms with Crippen LogP contribution in [-0.2, 0) is 11.2 Å². The van der Waals surface area contributed by atoms with Crippen molar-refractivity contribution in [3.8, 4) is 11.4 Å². The molecule has 2 aromatic rings. The first-order chi connectivity index (χ1) is 14.0. The van der Waals surface area contributed by atoms with Gasteiger partial charge in [-0.1, -0.05) is 5.16 Å². The Labute approximate surface area is 170 Å². The minimum atomic E-state index is -0.248. The van der Waals surface area contributed by atoms with E-state index < -0.39 is 0 Å². The summed E-state index contributed by atoms with van der Waals surface area (Å²) in [4.78, 5) is 25.2. The molecule has 4 heterocycles. The van der Waals surface area contributed by atoms with Crippen LogP contribution in [0.2, 0.25) is 0 Å². The Morgan fingerprint density at radius 2 is 2.07 bits per heavy atom. The van der Waals surface area contributed by atoms with E-state index in [1.54, 1.807) is 12.4 Å². The lowest BCUT2D eigenvalue weighted by atomic mass is 9.71. The number of aliphatic hydroxyl groups excluding tert-OH is 1. The highest BCUT2D eigenvalue weighted by Crippen LogP contribution is 2.39. The van der Waals surface area contributed by atoms with E-state index in [0.717, 1.165) is 51.0 Å². The number of nitrogens with zero attached hydrogens (tertiary/aromatic N) is 5. The molecule has 1 amide bonds. The number of hydrogen-bond donors (Lipinski definition) is 1. The van der Waals surface area contributed by atoms with Gasteiger partial charge in [0.25, 0.3) is 0 Å². The Balaban J connectivity index is 1.22. The Kier molecular flexibility index (Phi) is 5.91. The Morgan fingerprint density at radius 1 is 1.31 bits per heavy atom. The molecule has 8 nitrogen and oxygen atoms in total. The van der Waals surface area contributed by atoms with Crippen molar-refractivity contribution >= 4 is 5.91 Å². The number of rotatable bonds is 5. The van der Waals surface area contributed by atoms with Gasteiger partial charge in [0.15, 0.2) is 0 Å². The monoisotopic (exact) mass is 399 g/mol. The molecule has 2 saturated heterocycles. The van der Waals surface area contributed by atoms with Gasteiger partial charge in [-0.25, -0.2) is 0 Å². The molecular weight excluding hydrogens is 370 g/mol. The van der Waals surface area contributed by atoms with Crippen LogP contribution in [0.5, 0.6) is 0 Å². The van der Waals surface area contributed by atoms with Crippen molar-refractivity contribution in [3.05, 3.63) is 30.4 Å². The molecule has 156 valence electrons. The van der Waals surface area contributed by atoms with E-state index in [4.69, 9.17) is 4.52 Å². The molecule has 0 radical (unpaired) electrons. The van der Waals surface area contributed by atoms with Gasteiger partial charge >= 0.3 is 0 Å². The number of aromatic nitrogens is 3. The second-order valence-electron chi connectivity index (χ2n) is 8.54. The molecule has 0 aliphatic carbocycles. The largest absolute Gasteiger partial charge is 0.392 e. The first-order valence-electron chi connectivity index (χ1n) is 10.4. The maximum absolute atomic E-state index is 12.6. The standard InChI is InChI=1S/C21H29N5O3/c1-25-14-17(27)13-21(15-25)7-11-26(12-8-21)19(28)4-2-3-18-23-20(24-29-18)16-5-9-22-10-6-16/h5-6,9-10,17,27H,2-4,7-8,11-15H2,1H3. The zero-order valence-electron chi connectivity index (χ0n) is 17.0. The van der Waals surface area contributed by atoms with E-state index >= 15 is 0 Å². The second kappa shape index (κ2) is 8.59. The van der Waals surface area contributed by atoms with Gasteiger partial charge in [-0.05, 0) is 50.3 Å². The SMILES string of the molecule is CN1CC(O)CC2(CCN(C(=O)CCCc3nc(-c4ccncc4)no3)CC2)C1. The lowest BCUT2D eigenvalue weighted by Gasteiger charge is -2.48. The highest BCUT2D eigenvalue weighted by molar-refractivity contribution is 5.76. The van der Waals surface area contributed by atoms with Crippen LogP contribution in [-0.4, -0.2) is 75.3 Å². The first kappa shape index (κ1) is 20.0. The fourth-order valence-electron chi connectivity index (χ4n) is 4.74. The van der Waals surface area contributed by atoms with Gasteiger partial charge in [0.1, 0.15) is 0 Å². The molecule has 0 saturated carbocycles. The minimum Gasteiger partial charge on any atom is -0.392 e. The molecule has 1 atom stereocenters. The summed E-state index contributed by atoms with van der Waals surface area (Å²) in [5.41, 5.74) is 1.03. The second-order valence-corrected chi connectivity index (χ2v) is 8.54. The van der Waals surface area contributed by atoms with Crippen LogP contribution < -0.4 is 0 Å². The summed E-state index contributed by atoms with van der Waals surface area (Å²) in [6, 6.07) is 3.68. The number of pyridine rings is 1. The van der Waals surface area contributed by atoms with Crippen LogP contribution in [0.3, 0.4) is 0 Å². The molecule has 2 aliphatic rings. The number of aryl methyl sites for hydroxylation is 1. The third-order valence-corrected chi connectivity index (χ3v) is 6.16. The van der Waals surface area contributed by atoms with E-state index in [9.17, 15) is 9.90 Å². The van der Waals surface area contributed by atoms with E-state index in [1.807, 2.05) is 17.0 Å². The number of amides is 1. The van der Waals surface area contributed by atoms with Crippen molar-refractivity contribution < 1.29 is 14.4 Å². The van der Waals surface area contributed by atoms with Crippen LogP contribution in [0.25, 0.3) is 11.4 Å². The predicted octanol–water partition coefficient (Wildman–Crippen LogP) is 1.76. The average Bonchev–Trinajstić information content (AvgIpc) is 3.17. The van der Waals surface area contributed by atoms with Gasteiger partial charge in [-0.3, -0.25) is 9.78 Å². The number of piperidine rings is 2. The quantitative estimate of drug-likeness (QED) is 0.818. The summed E-state index contributed by atoms with van der Waals surface area (Å²) in [5, 5.41) is 14.1. The molecule has 2 aliphatic heterocycles. The van der Waals surface area contributed by atoms with Gasteiger partial charge in [-0.15, -0.1) is 0 Å². The molecule has 2 fully saturated rings. The van der Waals surface area contributed by atoms with Crippen LogP contribution >= 0.6 is 0 Å². The molecular formula is C21H29N5O3. The van der Waals surface area contributed by atoms with Crippen molar-refractivity contribution in [2.45, 2.75) is 44.6 Å². The smallest absolute Gasteiger partial charge is 0.226 e. The van der Waals surface area contributed by atoms with E-state index in [1.165, 1.54) is 0 Å². The molecule has 1 spiro atoms. The third kappa shape index (κ3) is 4.82. The van der Waals surface area contributed by atoms with Crippen molar-refractivity contribution in [1.29, 1.82) is 0 Å². The third-order valence-electron chi connectivity index (χ3n) is 6.16. The van der Waals surface area contributed by atoms with Gasteiger partial charge in [0.2, 0.25) is 17.6 Å². The van der Waals surface area contributed by atoms with Gasteiger partial charge < -0.3 is 19.4 Å². The number of likely N-dealkylation sites (N-methyl/N-ethyl adjacent to an activating group) is 1. The molecule has 0 bridgehead atoms. The summed E-state index contributed by atoms with van der Waals surface area (Å²) in [6.45, 7) is 3.34. The van der Waals surface area contributed by atoms with Crippen LogP contribution in [0.4, 0.5) is 0 Å². The number of hydrogen-bond acceptors (Lipinski definition) is 7. The van der Waals surface area contributed by atoms with Crippen LogP contribution in [0.1, 0.15) is 38.0 Å². The van der Waals surface area contributed by atoms with E-state index in [0.29, 0.717) is 31.0 Å². The maximum Gasteiger partial charge on any atom is 0.226 e. The number of carbonyl (C=O) groups excluding carboxylic acids is 1. The molecule has 0 aromatic carbocycles. The Hall–Kier alpha value is -2.32. The zero-order chi connectivity index (χ0) is 20.3. The minimum absolute atomic E-state index is 0.163. The van der Waals surface area contributed by atoms with E-state index in [2.05, 4.69) is 27.1 Å². The van der Waals surface area contributed by atoms with Gasteiger partial charge in [-0.2, -0.15) is 4.98 Å². The lowest BCUT2D eigenvalue weighted by Crippen LogP contribution is -2.53. The van der Waals surface area contributed by atoms with Gasteiger partial charge in [0, 0.05) is 57.0 Å². The van der Waals surface area contributed by atoms with E-state index in [-0.39, 0.29) is 17.4 Å². The number of likely N-dealkylation sites (tertiary alicyclic amines) is 2. The maximum atomic E-state index is 12.6. The molecule has 8 heteroatoms. The number of aliphatic hydroxyl groups is 1. The first-order valence-corrected chi connectivity index (χ1v) is 10.4. The fourth-order valence-corrected chi connectivity index (χ4v) is 4.74. The summed E-state index contributed by atoms with van der Waals surface area (Å²) >= 11 is 0. The zero-order valence-corrected chi connectivity index (χ0v) is 17.0. The molecule has 2 aromatic heterocycles. The molecule has 29 heavy (non-hydrogen) atoms. The fraction of sp³-hybridized carbons (Fsp3) is 0.619. The highest BCUT2D eigenvalue weighted by atomic mass is 16.5. The van der Waals surface area contributed by atoms with Crippen molar-refractivity contribution in [2.75, 3.05) is 33.2 Å².